The maximum atomic E-state index is 12.0. The van der Waals surface area contributed by atoms with Crippen molar-refractivity contribution in [2.24, 2.45) is 0 Å². The Bertz CT molecular complexity index is 682. The van der Waals surface area contributed by atoms with Gasteiger partial charge in [-0.2, -0.15) is 0 Å². The van der Waals surface area contributed by atoms with Gasteiger partial charge < -0.3 is 10.1 Å². The van der Waals surface area contributed by atoms with E-state index in [1.165, 1.54) is 24.0 Å². The molecule has 1 aliphatic rings. The highest BCUT2D eigenvalue weighted by molar-refractivity contribution is 6.30. The molecular formula is C19H20ClNO2. The van der Waals surface area contributed by atoms with Crippen LogP contribution in [-0.2, 0) is 12.8 Å². The first-order chi connectivity index (χ1) is 11.2. The lowest BCUT2D eigenvalue weighted by atomic mass is 9.91. The van der Waals surface area contributed by atoms with Crippen LogP contribution < -0.4 is 10.1 Å². The maximum absolute atomic E-state index is 12.0. The van der Waals surface area contributed by atoms with Crippen LogP contribution in [0.15, 0.2) is 42.5 Å². The Morgan fingerprint density at radius 3 is 2.70 bits per heavy atom. The second-order valence-corrected chi connectivity index (χ2v) is 6.15. The molecule has 120 valence electrons. The number of benzene rings is 2. The van der Waals surface area contributed by atoms with Gasteiger partial charge in [-0.25, -0.2) is 0 Å². The fourth-order valence-electron chi connectivity index (χ4n) is 2.91. The fourth-order valence-corrected chi connectivity index (χ4v) is 3.04. The predicted octanol–water partition coefficient (Wildman–Crippen LogP) is 4.03. The summed E-state index contributed by atoms with van der Waals surface area (Å²) in [6.45, 7) is 0.945. The zero-order valence-corrected chi connectivity index (χ0v) is 13.7. The summed E-state index contributed by atoms with van der Waals surface area (Å²) in [4.78, 5) is 12.0. The highest BCUT2D eigenvalue weighted by atomic mass is 35.5. The molecule has 0 fully saturated rings. The van der Waals surface area contributed by atoms with Gasteiger partial charge in [0.1, 0.15) is 12.4 Å². The van der Waals surface area contributed by atoms with Crippen LogP contribution >= 0.6 is 11.6 Å². The van der Waals surface area contributed by atoms with Gasteiger partial charge >= 0.3 is 0 Å². The lowest BCUT2D eigenvalue weighted by Gasteiger charge is -2.19. The summed E-state index contributed by atoms with van der Waals surface area (Å²) in [6.07, 6.45) is 4.71. The molecule has 23 heavy (non-hydrogen) atoms. The van der Waals surface area contributed by atoms with Crippen molar-refractivity contribution in [3.63, 3.8) is 0 Å². The van der Waals surface area contributed by atoms with Crippen molar-refractivity contribution in [3.05, 3.63) is 64.2 Å². The topological polar surface area (TPSA) is 38.3 Å². The molecule has 2 aromatic carbocycles. The average molecular weight is 330 g/mol. The molecule has 0 spiro atoms. The first-order valence-electron chi connectivity index (χ1n) is 8.01. The molecule has 0 saturated heterocycles. The summed E-state index contributed by atoms with van der Waals surface area (Å²) < 4.78 is 5.87. The Kier molecular flexibility index (Phi) is 5.19. The first-order valence-corrected chi connectivity index (χ1v) is 8.39. The molecule has 3 rings (SSSR count). The Balaban J connectivity index is 1.50. The van der Waals surface area contributed by atoms with E-state index in [1.807, 2.05) is 12.1 Å². The summed E-state index contributed by atoms with van der Waals surface area (Å²) in [6, 6.07) is 13.1. The van der Waals surface area contributed by atoms with Crippen LogP contribution in [-0.4, -0.2) is 19.1 Å². The van der Waals surface area contributed by atoms with Gasteiger partial charge in [0.25, 0.3) is 5.91 Å². The molecule has 1 N–H and O–H groups in total. The number of rotatable bonds is 5. The SMILES string of the molecule is O=C(NCCOc1cccc2c1CCCC2)c1ccc(Cl)cc1. The molecule has 1 aliphatic carbocycles. The number of fused-ring (bicyclic) bond motifs is 1. The Morgan fingerprint density at radius 1 is 1.09 bits per heavy atom. The number of hydrogen-bond acceptors (Lipinski definition) is 2. The minimum atomic E-state index is -0.111. The van der Waals surface area contributed by atoms with Gasteiger partial charge in [0, 0.05) is 10.6 Å². The van der Waals surface area contributed by atoms with E-state index in [2.05, 4.69) is 11.4 Å². The molecule has 0 atom stereocenters. The Labute approximate surface area is 141 Å². The fraction of sp³-hybridized carbons (Fsp3) is 0.316. The number of carbonyl (C=O) groups is 1. The smallest absolute Gasteiger partial charge is 0.251 e. The molecule has 0 bridgehead atoms. The summed E-state index contributed by atoms with van der Waals surface area (Å²) in [5.41, 5.74) is 3.34. The van der Waals surface area contributed by atoms with Gasteiger partial charge in [-0.15, -0.1) is 0 Å². The van der Waals surface area contributed by atoms with Crippen molar-refractivity contribution >= 4 is 17.5 Å². The number of halogens is 1. The summed E-state index contributed by atoms with van der Waals surface area (Å²) in [5, 5.41) is 3.49. The van der Waals surface area contributed by atoms with Crippen molar-refractivity contribution in [1.29, 1.82) is 0 Å². The molecular weight excluding hydrogens is 310 g/mol. The molecule has 0 radical (unpaired) electrons. The highest BCUT2D eigenvalue weighted by Gasteiger charge is 2.13. The zero-order valence-electron chi connectivity index (χ0n) is 13.0. The van der Waals surface area contributed by atoms with Gasteiger partial charge in [-0.05, 0) is 67.1 Å². The van der Waals surface area contributed by atoms with Crippen LogP contribution in [0.2, 0.25) is 5.02 Å². The van der Waals surface area contributed by atoms with Crippen LogP contribution in [0.4, 0.5) is 0 Å². The largest absolute Gasteiger partial charge is 0.491 e. The van der Waals surface area contributed by atoms with E-state index < -0.39 is 0 Å². The molecule has 3 nitrogen and oxygen atoms in total. The van der Waals surface area contributed by atoms with Crippen molar-refractivity contribution < 1.29 is 9.53 Å². The van der Waals surface area contributed by atoms with Gasteiger partial charge in [-0.3, -0.25) is 4.79 Å². The van der Waals surface area contributed by atoms with Gasteiger partial charge in [0.05, 0.1) is 6.54 Å². The predicted molar refractivity (Wildman–Crippen MR) is 92.4 cm³/mol. The minimum Gasteiger partial charge on any atom is -0.491 e. The van der Waals surface area contributed by atoms with E-state index >= 15 is 0 Å². The highest BCUT2D eigenvalue weighted by Crippen LogP contribution is 2.29. The van der Waals surface area contributed by atoms with Crippen LogP contribution in [0.25, 0.3) is 0 Å². The van der Waals surface area contributed by atoms with Crippen LogP contribution in [0.1, 0.15) is 34.3 Å². The van der Waals surface area contributed by atoms with E-state index in [4.69, 9.17) is 16.3 Å². The first kappa shape index (κ1) is 15.9. The molecule has 1 amide bonds. The van der Waals surface area contributed by atoms with Gasteiger partial charge in [-0.1, -0.05) is 23.7 Å². The third kappa shape index (κ3) is 4.05. The molecule has 0 aromatic heterocycles. The Morgan fingerprint density at radius 2 is 1.87 bits per heavy atom. The lowest BCUT2D eigenvalue weighted by molar-refractivity contribution is 0.0947. The van der Waals surface area contributed by atoms with E-state index in [-0.39, 0.29) is 5.91 Å². The third-order valence-electron chi connectivity index (χ3n) is 4.10. The summed E-state index contributed by atoms with van der Waals surface area (Å²) >= 11 is 5.82. The van der Waals surface area contributed by atoms with Crippen molar-refractivity contribution in [2.75, 3.05) is 13.2 Å². The number of aryl methyl sites for hydroxylation is 1. The molecule has 0 aliphatic heterocycles. The second kappa shape index (κ2) is 7.51. The van der Waals surface area contributed by atoms with Crippen LogP contribution in [0.5, 0.6) is 5.75 Å². The quantitative estimate of drug-likeness (QED) is 0.841. The second-order valence-electron chi connectivity index (χ2n) is 5.71. The van der Waals surface area contributed by atoms with E-state index in [0.29, 0.717) is 23.7 Å². The van der Waals surface area contributed by atoms with E-state index in [9.17, 15) is 4.79 Å². The van der Waals surface area contributed by atoms with Gasteiger partial charge in [0.15, 0.2) is 0 Å². The molecule has 0 saturated carbocycles. The van der Waals surface area contributed by atoms with E-state index in [0.717, 1.165) is 18.6 Å². The summed E-state index contributed by atoms with van der Waals surface area (Å²) in [7, 11) is 0. The van der Waals surface area contributed by atoms with Gasteiger partial charge in [0.2, 0.25) is 0 Å². The van der Waals surface area contributed by atoms with Crippen molar-refractivity contribution in [2.45, 2.75) is 25.7 Å². The minimum absolute atomic E-state index is 0.111. The third-order valence-corrected chi connectivity index (χ3v) is 4.36. The maximum Gasteiger partial charge on any atom is 0.251 e. The number of hydrogen-bond donors (Lipinski definition) is 1. The van der Waals surface area contributed by atoms with E-state index in [1.54, 1.807) is 24.3 Å². The normalized spacial score (nSPS) is 13.3. The van der Waals surface area contributed by atoms with Crippen LogP contribution in [0.3, 0.4) is 0 Å². The summed E-state index contributed by atoms with van der Waals surface area (Å²) in [5.74, 6) is 0.850. The monoisotopic (exact) mass is 329 g/mol. The molecule has 2 aromatic rings. The molecule has 0 unspecified atom stereocenters. The molecule has 4 heteroatoms. The number of ether oxygens (including phenoxy) is 1. The zero-order chi connectivity index (χ0) is 16.1. The van der Waals surface area contributed by atoms with Crippen molar-refractivity contribution in [3.8, 4) is 5.75 Å². The van der Waals surface area contributed by atoms with Crippen molar-refractivity contribution in [1.82, 2.24) is 5.32 Å². The average Bonchev–Trinajstić information content (AvgIpc) is 2.59. The molecule has 0 heterocycles. The van der Waals surface area contributed by atoms with Crippen LogP contribution in [0, 0.1) is 0 Å². The number of carbonyl (C=O) groups excluding carboxylic acids is 1. The standard InChI is InChI=1S/C19H20ClNO2/c20-16-10-8-15(9-11-16)19(22)21-12-13-23-18-7-3-5-14-4-1-2-6-17(14)18/h3,5,7-11H,1-2,4,6,12-13H2,(H,21,22). The lowest BCUT2D eigenvalue weighted by Crippen LogP contribution is -2.28. The number of nitrogens with one attached hydrogen (secondary N) is 1. The Hall–Kier alpha value is -2.00. The number of amides is 1.